The van der Waals surface area contributed by atoms with E-state index in [9.17, 15) is 9.59 Å². The molecule has 9 heteroatoms. The smallest absolute Gasteiger partial charge is 0.246 e. The van der Waals surface area contributed by atoms with E-state index >= 15 is 0 Å². The first-order chi connectivity index (χ1) is 16.0. The fraction of sp³-hybridized carbons (Fsp3) is 0.208. The number of piperidine rings is 1. The van der Waals surface area contributed by atoms with Crippen LogP contribution in [0.25, 0.3) is 28.0 Å². The summed E-state index contributed by atoms with van der Waals surface area (Å²) in [6.45, 7) is 4.86. The molecule has 5 heterocycles. The molecule has 1 atom stereocenters. The molecule has 1 amide bonds. The van der Waals surface area contributed by atoms with Gasteiger partial charge in [0.2, 0.25) is 5.91 Å². The van der Waals surface area contributed by atoms with Crippen molar-refractivity contribution in [1.29, 1.82) is 0 Å². The van der Waals surface area contributed by atoms with Gasteiger partial charge in [-0.05, 0) is 31.1 Å². The van der Waals surface area contributed by atoms with E-state index in [2.05, 4.69) is 16.5 Å². The van der Waals surface area contributed by atoms with E-state index < -0.39 is 0 Å². The second kappa shape index (κ2) is 8.63. The molecule has 1 aliphatic rings. The Bertz CT molecular complexity index is 1390. The number of fused-ring (bicyclic) bond motifs is 1. The highest BCUT2D eigenvalue weighted by Crippen LogP contribution is 2.35. The lowest BCUT2D eigenvalue weighted by molar-refractivity contribution is -0.127. The molecule has 4 aromatic rings. The topological polar surface area (TPSA) is 85.9 Å². The molecule has 0 saturated carbocycles. The fourth-order valence-electron chi connectivity index (χ4n) is 4.25. The number of halogens is 1. The van der Waals surface area contributed by atoms with Crippen LogP contribution in [0.2, 0.25) is 5.02 Å². The monoisotopic (exact) mass is 460 g/mol. The Morgan fingerprint density at radius 1 is 1.15 bits per heavy atom. The van der Waals surface area contributed by atoms with Crippen molar-refractivity contribution in [3.8, 4) is 17.1 Å². The van der Waals surface area contributed by atoms with Crippen molar-refractivity contribution < 1.29 is 4.79 Å². The molecule has 166 valence electrons. The van der Waals surface area contributed by atoms with Gasteiger partial charge in [0, 0.05) is 67.2 Å². The Labute approximate surface area is 194 Å². The maximum Gasteiger partial charge on any atom is 0.246 e. The van der Waals surface area contributed by atoms with Crippen LogP contribution < -0.4 is 5.43 Å². The van der Waals surface area contributed by atoms with Crippen LogP contribution in [0.15, 0.2) is 72.7 Å². The first-order valence-corrected chi connectivity index (χ1v) is 11.0. The van der Waals surface area contributed by atoms with Crippen molar-refractivity contribution in [2.75, 3.05) is 13.1 Å². The molecule has 0 bridgehead atoms. The van der Waals surface area contributed by atoms with Crippen molar-refractivity contribution >= 4 is 28.4 Å². The average Bonchev–Trinajstić information content (AvgIpc) is 3.25. The molecule has 8 nitrogen and oxygen atoms in total. The van der Waals surface area contributed by atoms with E-state index in [1.165, 1.54) is 18.2 Å². The summed E-state index contributed by atoms with van der Waals surface area (Å²) in [6, 6.07) is 6.77. The number of hydrogen-bond donors (Lipinski definition) is 0. The second-order valence-corrected chi connectivity index (χ2v) is 8.35. The number of hydrogen-bond acceptors (Lipinski definition) is 5. The Morgan fingerprint density at radius 2 is 1.97 bits per heavy atom. The van der Waals surface area contributed by atoms with Crippen LogP contribution in [0.1, 0.15) is 18.9 Å². The van der Waals surface area contributed by atoms with Gasteiger partial charge in [0.05, 0.1) is 16.6 Å². The van der Waals surface area contributed by atoms with E-state index in [1.807, 2.05) is 16.8 Å². The van der Waals surface area contributed by atoms with Gasteiger partial charge in [0.15, 0.2) is 5.43 Å². The quantitative estimate of drug-likeness (QED) is 0.434. The molecule has 0 aliphatic carbocycles. The number of aromatic nitrogens is 5. The normalized spacial score (nSPS) is 16.2. The average molecular weight is 461 g/mol. The van der Waals surface area contributed by atoms with Gasteiger partial charge in [-0.2, -0.15) is 5.10 Å². The molecular formula is C24H21ClN6O2. The minimum absolute atomic E-state index is 0.00723. The second-order valence-electron chi connectivity index (χ2n) is 7.94. The third-order valence-electron chi connectivity index (χ3n) is 5.88. The zero-order valence-electron chi connectivity index (χ0n) is 17.8. The molecule has 1 fully saturated rings. The fourth-order valence-corrected chi connectivity index (χ4v) is 4.50. The highest BCUT2D eigenvalue weighted by molar-refractivity contribution is 6.35. The number of amides is 1. The Morgan fingerprint density at radius 3 is 2.70 bits per heavy atom. The summed E-state index contributed by atoms with van der Waals surface area (Å²) >= 11 is 6.56. The summed E-state index contributed by atoms with van der Waals surface area (Å²) in [7, 11) is 0. The number of carbonyl (C=O) groups excluding carboxylic acids is 1. The van der Waals surface area contributed by atoms with Crippen molar-refractivity contribution in [3.05, 3.63) is 83.2 Å². The lowest BCUT2D eigenvalue weighted by Gasteiger charge is -2.32. The van der Waals surface area contributed by atoms with Gasteiger partial charge in [0.25, 0.3) is 0 Å². The molecule has 0 spiro atoms. The number of pyridine rings is 3. The van der Waals surface area contributed by atoms with Crippen molar-refractivity contribution in [1.82, 2.24) is 29.2 Å². The van der Waals surface area contributed by atoms with Gasteiger partial charge in [-0.25, -0.2) is 4.98 Å². The lowest BCUT2D eigenvalue weighted by atomic mass is 10.1. The summed E-state index contributed by atoms with van der Waals surface area (Å²) in [5, 5.41) is 6.25. The van der Waals surface area contributed by atoms with Crippen molar-refractivity contribution in [3.63, 3.8) is 0 Å². The third kappa shape index (κ3) is 3.93. The van der Waals surface area contributed by atoms with Crippen LogP contribution in [0.3, 0.4) is 0 Å². The van der Waals surface area contributed by atoms with Crippen LogP contribution in [-0.4, -0.2) is 48.2 Å². The minimum atomic E-state index is -0.0774. The number of carbonyl (C=O) groups is 1. The predicted octanol–water partition coefficient (Wildman–Crippen LogP) is 3.65. The standard InChI is InChI=1S/C24H21ClN6O2/c1-2-22(33)30-9-3-4-17(15-30)31-24-19(13-26-14-20(24)25)23(28-31)16-5-6-21(27-12-16)29-10-7-18(32)8-11-29/h2,5-8,10-14,17H,1,3-4,9,15H2/t17-/m1/s1. The van der Waals surface area contributed by atoms with Gasteiger partial charge in [-0.3, -0.25) is 19.3 Å². The minimum Gasteiger partial charge on any atom is -0.337 e. The maximum absolute atomic E-state index is 12.2. The largest absolute Gasteiger partial charge is 0.337 e. The first kappa shape index (κ1) is 21.1. The molecule has 4 aromatic heterocycles. The first-order valence-electron chi connectivity index (χ1n) is 10.6. The Kier molecular flexibility index (Phi) is 5.51. The molecule has 0 radical (unpaired) electrons. The van der Waals surface area contributed by atoms with E-state index in [1.54, 1.807) is 40.5 Å². The zero-order valence-corrected chi connectivity index (χ0v) is 18.5. The van der Waals surface area contributed by atoms with Crippen molar-refractivity contribution in [2.45, 2.75) is 18.9 Å². The van der Waals surface area contributed by atoms with Gasteiger partial charge in [0.1, 0.15) is 11.5 Å². The summed E-state index contributed by atoms with van der Waals surface area (Å²) in [5.74, 6) is 0.607. The molecule has 1 saturated heterocycles. The molecule has 1 aliphatic heterocycles. The van der Waals surface area contributed by atoms with Crippen LogP contribution in [0.4, 0.5) is 0 Å². The Balaban J connectivity index is 1.55. The van der Waals surface area contributed by atoms with Gasteiger partial charge >= 0.3 is 0 Å². The summed E-state index contributed by atoms with van der Waals surface area (Å²) in [5.41, 5.74) is 2.29. The molecule has 0 N–H and O–H groups in total. The van der Waals surface area contributed by atoms with Crippen LogP contribution in [0, 0.1) is 0 Å². The van der Waals surface area contributed by atoms with Crippen molar-refractivity contribution in [2.24, 2.45) is 0 Å². The summed E-state index contributed by atoms with van der Waals surface area (Å²) < 4.78 is 3.69. The van der Waals surface area contributed by atoms with Crippen LogP contribution in [-0.2, 0) is 4.79 Å². The number of nitrogens with zero attached hydrogens (tertiary/aromatic N) is 6. The maximum atomic E-state index is 12.2. The lowest BCUT2D eigenvalue weighted by Crippen LogP contribution is -2.40. The molecule has 0 unspecified atom stereocenters. The SMILES string of the molecule is C=CC(=O)N1CCC[C@@H](n2nc(-c3ccc(-n4ccc(=O)cc4)nc3)c3cncc(Cl)c32)C1. The molecule has 0 aromatic carbocycles. The van der Waals surface area contributed by atoms with Gasteiger partial charge in [-0.1, -0.05) is 18.2 Å². The molecular weight excluding hydrogens is 440 g/mol. The summed E-state index contributed by atoms with van der Waals surface area (Å²) in [4.78, 5) is 34.2. The molecule has 5 rings (SSSR count). The van der Waals surface area contributed by atoms with E-state index in [0.717, 1.165) is 35.0 Å². The van der Waals surface area contributed by atoms with Gasteiger partial charge in [-0.15, -0.1) is 0 Å². The Hall–Kier alpha value is -3.78. The molecule has 33 heavy (non-hydrogen) atoms. The van der Waals surface area contributed by atoms with E-state index in [-0.39, 0.29) is 17.4 Å². The number of likely N-dealkylation sites (tertiary alicyclic amines) is 1. The highest BCUT2D eigenvalue weighted by atomic mass is 35.5. The van der Waals surface area contributed by atoms with Crippen LogP contribution in [0.5, 0.6) is 0 Å². The van der Waals surface area contributed by atoms with Gasteiger partial charge < -0.3 is 9.47 Å². The number of rotatable bonds is 4. The zero-order chi connectivity index (χ0) is 22.9. The van der Waals surface area contributed by atoms with Crippen LogP contribution >= 0.6 is 11.6 Å². The summed E-state index contributed by atoms with van der Waals surface area (Å²) in [6.07, 6.45) is 11.6. The highest BCUT2D eigenvalue weighted by Gasteiger charge is 2.27. The van der Waals surface area contributed by atoms with E-state index in [4.69, 9.17) is 16.7 Å². The third-order valence-corrected chi connectivity index (χ3v) is 6.15. The predicted molar refractivity (Wildman–Crippen MR) is 126 cm³/mol. The van der Waals surface area contributed by atoms with E-state index in [0.29, 0.717) is 23.9 Å².